The first-order chi connectivity index (χ1) is 16.6. The normalized spacial score (nSPS) is 25.5. The topological polar surface area (TPSA) is 64.4 Å². The molecular formula is C25H28BrF5N2O3. The van der Waals surface area contributed by atoms with Crippen molar-refractivity contribution in [2.24, 2.45) is 5.41 Å². The highest BCUT2D eigenvalue weighted by molar-refractivity contribution is 9.10. The van der Waals surface area contributed by atoms with Crippen LogP contribution in [0.3, 0.4) is 0 Å². The number of fused-ring (bicyclic) bond motifs is 3. The number of hydrogen-bond donors (Lipinski definition) is 1. The molecule has 1 aromatic carbocycles. The van der Waals surface area contributed by atoms with E-state index >= 15 is 0 Å². The fourth-order valence-corrected chi connectivity index (χ4v) is 5.82. The van der Waals surface area contributed by atoms with Gasteiger partial charge >= 0.3 is 18.2 Å². The number of rotatable bonds is 6. The lowest BCUT2D eigenvalue weighted by molar-refractivity contribution is -0.184. The summed E-state index contributed by atoms with van der Waals surface area (Å²) in [6, 6.07) is 8.50. The first kappa shape index (κ1) is 26.9. The van der Waals surface area contributed by atoms with Crippen LogP contribution in [-0.2, 0) is 16.1 Å². The zero-order chi connectivity index (χ0) is 26.6. The molecule has 5 rings (SSSR count). The van der Waals surface area contributed by atoms with Gasteiger partial charge in [0.2, 0.25) is 5.76 Å². The second-order valence-corrected chi connectivity index (χ2v) is 11.6. The first-order valence-corrected chi connectivity index (χ1v) is 12.5. The molecule has 0 radical (unpaired) electrons. The van der Waals surface area contributed by atoms with E-state index in [9.17, 15) is 26.7 Å². The molecule has 1 unspecified atom stereocenters. The van der Waals surface area contributed by atoms with Crippen LogP contribution in [0.2, 0.25) is 0 Å². The summed E-state index contributed by atoms with van der Waals surface area (Å²) in [7, 11) is 0. The molecular weight excluding hydrogens is 551 g/mol. The lowest BCUT2D eigenvalue weighted by Crippen LogP contribution is -2.55. The van der Waals surface area contributed by atoms with E-state index in [4.69, 9.17) is 9.26 Å². The van der Waals surface area contributed by atoms with Gasteiger partial charge in [0.05, 0.1) is 5.69 Å². The molecule has 0 spiro atoms. The van der Waals surface area contributed by atoms with E-state index in [1.165, 1.54) is 6.07 Å². The summed E-state index contributed by atoms with van der Waals surface area (Å²) in [5.74, 6) is -3.61. The van der Waals surface area contributed by atoms with Crippen LogP contribution in [-0.4, -0.2) is 23.0 Å². The lowest BCUT2D eigenvalue weighted by Gasteiger charge is -2.55. The third-order valence-electron chi connectivity index (χ3n) is 7.85. The number of nitrogens with one attached hydrogen (secondary N) is 1. The number of halogens is 6. The van der Waals surface area contributed by atoms with Crippen molar-refractivity contribution >= 4 is 22.0 Å². The van der Waals surface area contributed by atoms with E-state index in [0.717, 1.165) is 25.2 Å². The van der Waals surface area contributed by atoms with Crippen LogP contribution < -0.4 is 5.32 Å². The van der Waals surface area contributed by atoms with E-state index in [1.54, 1.807) is 18.2 Å². The molecule has 0 saturated heterocycles. The molecule has 11 heteroatoms. The third kappa shape index (κ3) is 4.99. The van der Waals surface area contributed by atoms with Crippen molar-refractivity contribution in [2.45, 2.75) is 88.5 Å². The maximum Gasteiger partial charge on any atom is 0.411 e. The number of alkyl halides is 5. The van der Waals surface area contributed by atoms with E-state index in [0.29, 0.717) is 49.8 Å². The van der Waals surface area contributed by atoms with Crippen molar-refractivity contribution in [1.29, 1.82) is 0 Å². The SMILES string of the molecule is CC(F)(F)c1cc(C23CCC(C(OC(=O)NC(C)(C)C(F)(F)F)c4cccc(Br)c4)(CC2)CC3)no1. The van der Waals surface area contributed by atoms with Gasteiger partial charge in [-0.3, -0.25) is 0 Å². The highest BCUT2D eigenvalue weighted by Crippen LogP contribution is 2.62. The predicted molar refractivity (Wildman–Crippen MR) is 125 cm³/mol. The second-order valence-electron chi connectivity index (χ2n) is 10.7. The summed E-state index contributed by atoms with van der Waals surface area (Å²) in [5, 5.41) is 5.92. The molecule has 1 heterocycles. The van der Waals surface area contributed by atoms with Gasteiger partial charge in [0.1, 0.15) is 11.6 Å². The summed E-state index contributed by atoms with van der Waals surface area (Å²) >= 11 is 3.42. The van der Waals surface area contributed by atoms with Gasteiger partial charge in [-0.25, -0.2) is 4.79 Å². The lowest BCUT2D eigenvalue weighted by atomic mass is 9.50. The molecule has 3 fully saturated rings. The minimum atomic E-state index is -4.66. The summed E-state index contributed by atoms with van der Waals surface area (Å²) in [6.45, 7) is 2.51. The van der Waals surface area contributed by atoms with Crippen molar-refractivity contribution in [1.82, 2.24) is 10.5 Å². The van der Waals surface area contributed by atoms with Crippen LogP contribution >= 0.6 is 15.9 Å². The molecule has 5 nitrogen and oxygen atoms in total. The number of hydrogen-bond acceptors (Lipinski definition) is 4. The quantitative estimate of drug-likeness (QED) is 0.353. The van der Waals surface area contributed by atoms with Crippen LogP contribution in [0.4, 0.5) is 26.7 Å². The van der Waals surface area contributed by atoms with Crippen molar-refractivity contribution in [3.63, 3.8) is 0 Å². The van der Waals surface area contributed by atoms with Gasteiger partial charge in [-0.15, -0.1) is 0 Å². The van der Waals surface area contributed by atoms with Crippen LogP contribution in [0.25, 0.3) is 0 Å². The van der Waals surface area contributed by atoms with Crippen molar-refractivity contribution in [2.75, 3.05) is 0 Å². The van der Waals surface area contributed by atoms with Crippen LogP contribution in [0.15, 0.2) is 39.3 Å². The maximum atomic E-state index is 13.7. The second kappa shape index (κ2) is 8.99. The Bertz CT molecular complexity index is 1100. The summed E-state index contributed by atoms with van der Waals surface area (Å²) < 4.78 is 78.9. The number of benzene rings is 1. The zero-order valence-electron chi connectivity index (χ0n) is 20.1. The van der Waals surface area contributed by atoms with E-state index in [-0.39, 0.29) is 0 Å². The van der Waals surface area contributed by atoms with E-state index in [1.807, 2.05) is 11.4 Å². The van der Waals surface area contributed by atoms with Crippen LogP contribution in [0.1, 0.15) is 82.4 Å². The van der Waals surface area contributed by atoms with Gasteiger partial charge in [-0.2, -0.15) is 22.0 Å². The van der Waals surface area contributed by atoms with Gasteiger partial charge in [-0.1, -0.05) is 33.2 Å². The number of ether oxygens (including phenoxy) is 1. The molecule has 3 aliphatic rings. The molecule has 2 bridgehead atoms. The van der Waals surface area contributed by atoms with Crippen molar-refractivity contribution in [3.05, 3.63) is 51.8 Å². The summed E-state index contributed by atoms with van der Waals surface area (Å²) in [4.78, 5) is 12.7. The Morgan fingerprint density at radius 2 is 1.67 bits per heavy atom. The van der Waals surface area contributed by atoms with Crippen LogP contribution in [0.5, 0.6) is 0 Å². The van der Waals surface area contributed by atoms with Crippen molar-refractivity contribution < 1.29 is 36.0 Å². The predicted octanol–water partition coefficient (Wildman–Crippen LogP) is 7.95. The average molecular weight is 579 g/mol. The maximum absolute atomic E-state index is 13.7. The Morgan fingerprint density at radius 3 is 2.17 bits per heavy atom. The number of carbonyl (C=O) groups excluding carboxylic acids is 1. The number of amides is 1. The Kier molecular flexibility index (Phi) is 6.71. The van der Waals surface area contributed by atoms with Gasteiger partial charge in [-0.05, 0) is 70.1 Å². The number of nitrogens with zero attached hydrogens (tertiary/aromatic N) is 1. The molecule has 2 aromatic rings. The smallest absolute Gasteiger partial charge is 0.411 e. The van der Waals surface area contributed by atoms with Gasteiger partial charge in [0, 0.05) is 28.3 Å². The van der Waals surface area contributed by atoms with Gasteiger partial charge in [0.15, 0.2) is 0 Å². The molecule has 1 aromatic heterocycles. The van der Waals surface area contributed by atoms with E-state index in [2.05, 4.69) is 21.1 Å². The Morgan fingerprint density at radius 1 is 1.06 bits per heavy atom. The first-order valence-electron chi connectivity index (χ1n) is 11.7. The molecule has 0 aliphatic heterocycles. The Labute approximate surface area is 214 Å². The summed E-state index contributed by atoms with van der Waals surface area (Å²) in [6.07, 6.45) is -3.00. The largest absolute Gasteiger partial charge is 0.441 e. The number of alkyl carbamates (subject to hydrolysis) is 1. The minimum absolute atomic E-state index is 0.420. The molecule has 3 aliphatic carbocycles. The molecule has 1 N–H and O–H groups in total. The minimum Gasteiger partial charge on any atom is -0.441 e. The zero-order valence-corrected chi connectivity index (χ0v) is 21.7. The standard InChI is InChI=1S/C25H28BrF5N2O3/c1-21(2,25(29,30)31)32-20(34)35-19(15-5-4-6-16(26)13-15)24-10-7-23(8-11-24,9-12-24)17-14-18(36-33-17)22(3,27)28/h4-6,13-14,19H,7-12H2,1-3H3,(H,32,34). The number of aromatic nitrogens is 1. The molecule has 1 atom stereocenters. The highest BCUT2D eigenvalue weighted by Gasteiger charge is 2.56. The molecule has 3 saturated carbocycles. The summed E-state index contributed by atoms with van der Waals surface area (Å²) in [5.41, 5.74) is -2.23. The monoisotopic (exact) mass is 578 g/mol. The number of carbonyl (C=O) groups is 1. The molecule has 36 heavy (non-hydrogen) atoms. The van der Waals surface area contributed by atoms with E-state index < -0.39 is 46.4 Å². The molecule has 1 amide bonds. The van der Waals surface area contributed by atoms with Gasteiger partial charge in [0.25, 0.3) is 0 Å². The van der Waals surface area contributed by atoms with Crippen molar-refractivity contribution in [3.8, 4) is 0 Å². The van der Waals surface area contributed by atoms with Gasteiger partial charge < -0.3 is 14.6 Å². The fourth-order valence-electron chi connectivity index (χ4n) is 5.40. The average Bonchev–Trinajstić information content (AvgIpc) is 3.29. The van der Waals surface area contributed by atoms with Crippen LogP contribution in [0, 0.1) is 5.41 Å². The fraction of sp³-hybridized carbons (Fsp3) is 0.600. The highest BCUT2D eigenvalue weighted by atomic mass is 79.9. The third-order valence-corrected chi connectivity index (χ3v) is 8.34. The molecule has 198 valence electrons. The Balaban J connectivity index is 1.59. The Hall–Kier alpha value is -2.17.